The molecule has 0 aromatic heterocycles. The molecule has 0 aliphatic carbocycles. The van der Waals surface area contributed by atoms with Crippen LogP contribution in [0.4, 0.5) is 0 Å². The molecule has 0 heterocycles. The Labute approximate surface area is 174 Å². The van der Waals surface area contributed by atoms with E-state index in [1.807, 2.05) is 12.1 Å². The molecule has 2 aromatic rings. The fourth-order valence-corrected chi connectivity index (χ4v) is 2.88. The Hall–Kier alpha value is -2.73. The molecule has 2 rings (SSSR count). The average Bonchev–Trinajstić information content (AvgIpc) is 2.74. The van der Waals surface area contributed by atoms with E-state index in [2.05, 4.69) is 52.9 Å². The van der Waals surface area contributed by atoms with Crippen molar-refractivity contribution in [3.05, 3.63) is 59.2 Å². The third-order valence-corrected chi connectivity index (χ3v) is 4.48. The molecule has 0 bridgehead atoms. The van der Waals surface area contributed by atoms with E-state index in [1.165, 1.54) is 11.1 Å². The van der Waals surface area contributed by atoms with Gasteiger partial charge < -0.3 is 24.8 Å². The quantitative estimate of drug-likeness (QED) is 0.345. The Morgan fingerprint density at radius 1 is 1.03 bits per heavy atom. The monoisotopic (exact) mass is 399 g/mol. The molecule has 0 saturated carbocycles. The van der Waals surface area contributed by atoms with Crippen molar-refractivity contribution in [3.8, 4) is 11.5 Å². The third kappa shape index (κ3) is 8.03. The second-order valence-corrected chi connectivity index (χ2v) is 6.76. The molecule has 0 spiro atoms. The minimum Gasteiger partial charge on any atom is -0.497 e. The van der Waals surface area contributed by atoms with E-state index in [0.717, 1.165) is 42.4 Å². The molecule has 29 heavy (non-hydrogen) atoms. The van der Waals surface area contributed by atoms with Gasteiger partial charge in [-0.25, -0.2) is 0 Å². The molecule has 0 fully saturated rings. The van der Waals surface area contributed by atoms with Crippen LogP contribution < -0.4 is 20.1 Å². The summed E-state index contributed by atoms with van der Waals surface area (Å²) in [5.41, 5.74) is 3.50. The number of guanidine groups is 1. The van der Waals surface area contributed by atoms with Crippen LogP contribution in [-0.4, -0.2) is 47.0 Å². The molecule has 0 radical (unpaired) electrons. The second kappa shape index (κ2) is 12.7. The van der Waals surface area contributed by atoms with Crippen molar-refractivity contribution < 1.29 is 14.2 Å². The summed E-state index contributed by atoms with van der Waals surface area (Å²) in [5.74, 6) is 2.54. The Morgan fingerprint density at radius 2 is 1.90 bits per heavy atom. The first-order valence-corrected chi connectivity index (χ1v) is 9.95. The Bertz CT molecular complexity index is 778. The van der Waals surface area contributed by atoms with E-state index >= 15 is 0 Å². The predicted molar refractivity (Wildman–Crippen MR) is 118 cm³/mol. The number of aliphatic imine (C=N–C) groups is 1. The van der Waals surface area contributed by atoms with E-state index in [9.17, 15) is 0 Å². The van der Waals surface area contributed by atoms with Crippen LogP contribution in [0.15, 0.2) is 47.5 Å². The number of methoxy groups -OCH3 is 2. The lowest BCUT2D eigenvalue weighted by Crippen LogP contribution is -2.37. The van der Waals surface area contributed by atoms with Gasteiger partial charge in [-0.15, -0.1) is 0 Å². The SMILES string of the molecule is CN=C(NCCc1cccc(OC)c1)NCc1ccc(C)cc1OCCCOC. The van der Waals surface area contributed by atoms with Crippen LogP contribution in [-0.2, 0) is 17.7 Å². The van der Waals surface area contributed by atoms with Crippen molar-refractivity contribution >= 4 is 5.96 Å². The predicted octanol–water partition coefficient (Wildman–Crippen LogP) is 3.33. The molecule has 0 unspecified atom stereocenters. The van der Waals surface area contributed by atoms with Crippen molar-refractivity contribution in [2.24, 2.45) is 4.99 Å². The van der Waals surface area contributed by atoms with Crippen molar-refractivity contribution in [2.75, 3.05) is 41.0 Å². The number of nitrogens with one attached hydrogen (secondary N) is 2. The molecule has 0 atom stereocenters. The van der Waals surface area contributed by atoms with Crippen LogP contribution in [0.3, 0.4) is 0 Å². The lowest BCUT2D eigenvalue weighted by Gasteiger charge is -2.15. The molecule has 158 valence electrons. The van der Waals surface area contributed by atoms with E-state index in [-0.39, 0.29) is 0 Å². The van der Waals surface area contributed by atoms with E-state index in [4.69, 9.17) is 14.2 Å². The summed E-state index contributed by atoms with van der Waals surface area (Å²) in [6, 6.07) is 14.4. The van der Waals surface area contributed by atoms with Gasteiger partial charge in [-0.3, -0.25) is 4.99 Å². The summed E-state index contributed by atoms with van der Waals surface area (Å²) < 4.78 is 16.3. The van der Waals surface area contributed by atoms with Gasteiger partial charge in [0, 0.05) is 45.8 Å². The Morgan fingerprint density at radius 3 is 2.66 bits per heavy atom. The first-order valence-electron chi connectivity index (χ1n) is 9.95. The van der Waals surface area contributed by atoms with Gasteiger partial charge in [-0.1, -0.05) is 24.3 Å². The van der Waals surface area contributed by atoms with Crippen molar-refractivity contribution in [2.45, 2.75) is 26.3 Å². The smallest absolute Gasteiger partial charge is 0.191 e. The first kappa shape index (κ1) is 22.6. The molecule has 6 nitrogen and oxygen atoms in total. The summed E-state index contributed by atoms with van der Waals surface area (Å²) in [7, 11) is 5.16. The minimum absolute atomic E-state index is 0.637. The van der Waals surface area contributed by atoms with Gasteiger partial charge in [-0.05, 0) is 42.7 Å². The molecule has 0 aliphatic rings. The number of ether oxygens (including phenoxy) is 3. The highest BCUT2D eigenvalue weighted by Gasteiger charge is 2.06. The topological polar surface area (TPSA) is 64.1 Å². The molecule has 0 aliphatic heterocycles. The minimum atomic E-state index is 0.637. The fraction of sp³-hybridized carbons (Fsp3) is 0.435. The molecule has 0 saturated heterocycles. The second-order valence-electron chi connectivity index (χ2n) is 6.76. The Kier molecular flexibility index (Phi) is 9.86. The highest BCUT2D eigenvalue weighted by molar-refractivity contribution is 5.79. The van der Waals surface area contributed by atoms with Gasteiger partial charge in [0.05, 0.1) is 13.7 Å². The van der Waals surface area contributed by atoms with Crippen LogP contribution in [0.2, 0.25) is 0 Å². The zero-order valence-corrected chi connectivity index (χ0v) is 18.0. The van der Waals surface area contributed by atoms with Crippen molar-refractivity contribution in [3.63, 3.8) is 0 Å². The summed E-state index contributed by atoms with van der Waals surface area (Å²) in [5, 5.41) is 6.72. The maximum Gasteiger partial charge on any atom is 0.191 e. The number of rotatable bonds is 11. The van der Waals surface area contributed by atoms with Crippen LogP contribution >= 0.6 is 0 Å². The summed E-state index contributed by atoms with van der Waals surface area (Å²) >= 11 is 0. The van der Waals surface area contributed by atoms with Gasteiger partial charge in [0.25, 0.3) is 0 Å². The number of nitrogens with zero attached hydrogens (tertiary/aromatic N) is 1. The van der Waals surface area contributed by atoms with Crippen molar-refractivity contribution in [1.82, 2.24) is 10.6 Å². The fourth-order valence-electron chi connectivity index (χ4n) is 2.88. The van der Waals surface area contributed by atoms with E-state index in [1.54, 1.807) is 21.3 Å². The van der Waals surface area contributed by atoms with Gasteiger partial charge in [-0.2, -0.15) is 0 Å². The summed E-state index contributed by atoms with van der Waals surface area (Å²) in [4.78, 5) is 4.31. The van der Waals surface area contributed by atoms with E-state index in [0.29, 0.717) is 19.8 Å². The van der Waals surface area contributed by atoms with Crippen molar-refractivity contribution in [1.29, 1.82) is 0 Å². The standard InChI is InChI=1S/C23H33N3O3/c1-18-9-10-20(22(15-18)29-14-6-13-27-3)17-26-23(24-2)25-12-11-19-7-5-8-21(16-19)28-4/h5,7-10,15-16H,6,11-14,17H2,1-4H3,(H2,24,25,26). The molecule has 6 heteroatoms. The Balaban J connectivity index is 1.85. The van der Waals surface area contributed by atoms with Crippen LogP contribution in [0.5, 0.6) is 11.5 Å². The molecular formula is C23H33N3O3. The zero-order chi connectivity index (χ0) is 20.9. The number of hydrogen-bond donors (Lipinski definition) is 2. The summed E-state index contributed by atoms with van der Waals surface area (Å²) in [6.45, 7) is 4.82. The third-order valence-electron chi connectivity index (χ3n) is 4.48. The highest BCUT2D eigenvalue weighted by atomic mass is 16.5. The maximum atomic E-state index is 5.95. The van der Waals surface area contributed by atoms with E-state index < -0.39 is 0 Å². The van der Waals surface area contributed by atoms with Crippen LogP contribution in [0, 0.1) is 6.92 Å². The summed E-state index contributed by atoms with van der Waals surface area (Å²) in [6.07, 6.45) is 1.75. The van der Waals surface area contributed by atoms with Crippen LogP contribution in [0.25, 0.3) is 0 Å². The van der Waals surface area contributed by atoms with Crippen LogP contribution in [0.1, 0.15) is 23.1 Å². The largest absolute Gasteiger partial charge is 0.497 e. The normalized spacial score (nSPS) is 11.2. The highest BCUT2D eigenvalue weighted by Crippen LogP contribution is 2.20. The molecule has 2 aromatic carbocycles. The zero-order valence-electron chi connectivity index (χ0n) is 18.0. The molecule has 0 amide bonds. The van der Waals surface area contributed by atoms with Gasteiger partial charge in [0.2, 0.25) is 0 Å². The lowest BCUT2D eigenvalue weighted by atomic mass is 10.1. The number of benzene rings is 2. The number of aryl methyl sites for hydroxylation is 1. The maximum absolute atomic E-state index is 5.95. The lowest BCUT2D eigenvalue weighted by molar-refractivity contribution is 0.172. The van der Waals surface area contributed by atoms with Gasteiger partial charge >= 0.3 is 0 Å². The average molecular weight is 400 g/mol. The molecule has 2 N–H and O–H groups in total. The first-order chi connectivity index (χ1) is 14.2. The van der Waals surface area contributed by atoms with Gasteiger partial charge in [0.1, 0.15) is 11.5 Å². The molecular weight excluding hydrogens is 366 g/mol. The van der Waals surface area contributed by atoms with Gasteiger partial charge in [0.15, 0.2) is 5.96 Å². The number of hydrogen-bond acceptors (Lipinski definition) is 4.